The molecule has 13 heavy (non-hydrogen) atoms. The van der Waals surface area contributed by atoms with Crippen LogP contribution >= 0.6 is 0 Å². The van der Waals surface area contributed by atoms with Crippen molar-refractivity contribution in [3.05, 3.63) is 36.4 Å². The predicted molar refractivity (Wildman–Crippen MR) is 59.3 cm³/mol. The van der Waals surface area contributed by atoms with E-state index < -0.39 is 0 Å². The molecule has 0 atom stereocenters. The molecule has 0 unspecified atom stereocenters. The Labute approximate surface area is 128 Å². The van der Waals surface area contributed by atoms with Gasteiger partial charge in [0.1, 0.15) is 0 Å². The van der Waals surface area contributed by atoms with Crippen molar-refractivity contribution < 1.29 is 51.4 Å². The Hall–Kier alpha value is 0.856. The van der Waals surface area contributed by atoms with E-state index in [4.69, 9.17) is 0 Å². The van der Waals surface area contributed by atoms with Crippen LogP contribution < -0.4 is 51.4 Å². The summed E-state index contributed by atoms with van der Waals surface area (Å²) in [5.41, 5.74) is 0. The molecule has 0 saturated carbocycles. The zero-order chi connectivity index (χ0) is 10.2. The third-order valence-electron chi connectivity index (χ3n) is 0.607. The van der Waals surface area contributed by atoms with Crippen molar-refractivity contribution in [3.63, 3.8) is 0 Å². The zero-order valence-corrected chi connectivity index (χ0v) is 13.5. The van der Waals surface area contributed by atoms with Gasteiger partial charge in [-0.3, -0.25) is 0 Å². The van der Waals surface area contributed by atoms with Crippen LogP contribution in [0.3, 0.4) is 0 Å². The second-order valence-electron chi connectivity index (χ2n) is 1.08. The average Bonchev–Trinajstić information content (AvgIpc) is 2.29. The van der Waals surface area contributed by atoms with E-state index in [1.54, 1.807) is 0 Å². The summed E-state index contributed by atoms with van der Waals surface area (Å²) in [4.78, 5) is 0. The molecular weight excluding hydrogens is 183 g/mol. The van der Waals surface area contributed by atoms with Gasteiger partial charge < -0.3 is 0 Å². The molecule has 0 amide bonds. The Bertz CT molecular complexity index is 77.0. The van der Waals surface area contributed by atoms with Gasteiger partial charge in [-0.2, -0.15) is 36.4 Å². The fraction of sp³-hybridized carbons (Fsp3) is 0.500. The van der Waals surface area contributed by atoms with Gasteiger partial charge in [-0.15, -0.1) is 0 Å². The Balaban J connectivity index is -0.0000000508. The quantitative estimate of drug-likeness (QED) is 0.446. The van der Waals surface area contributed by atoms with E-state index in [0.717, 1.165) is 0 Å². The maximum absolute atomic E-state index is 2.89. The first-order chi connectivity index (χ1) is 6.00. The van der Waals surface area contributed by atoms with Crippen molar-refractivity contribution in [3.8, 4) is 0 Å². The van der Waals surface area contributed by atoms with E-state index in [1.165, 1.54) is 0 Å². The smallest absolute Gasteiger partial charge is 0.184 e. The molecule has 1 rings (SSSR count). The summed E-state index contributed by atoms with van der Waals surface area (Å²) in [5, 5.41) is 0. The molecular formula is C12H23K. The monoisotopic (exact) mass is 206 g/mol. The Kier molecular flexibility index (Phi) is 69.7. The minimum absolute atomic E-state index is 0. The van der Waals surface area contributed by atoms with Crippen LogP contribution in [0.1, 0.15) is 41.5 Å². The molecule has 0 aromatic heterocycles. The number of rotatable bonds is 0. The van der Waals surface area contributed by atoms with Crippen molar-refractivity contribution in [1.82, 2.24) is 0 Å². The summed E-state index contributed by atoms with van der Waals surface area (Å²) in [6, 6.07) is 12.5. The molecule has 1 heteroatoms. The standard InChI is InChI=1S/C6H5.3C2H6.K/c1-2-4-6-5-3-1;3*1-2;/h1-5H;3*1-2H3;/q-1;;;;+1. The third-order valence-corrected chi connectivity index (χ3v) is 0.607. The molecule has 0 bridgehead atoms. The summed E-state index contributed by atoms with van der Waals surface area (Å²) >= 11 is 0. The van der Waals surface area contributed by atoms with Crippen LogP contribution in [0.2, 0.25) is 0 Å². The molecule has 0 N–H and O–H groups in total. The first kappa shape index (κ1) is 23.6. The van der Waals surface area contributed by atoms with Crippen molar-refractivity contribution in [2.45, 2.75) is 41.5 Å². The van der Waals surface area contributed by atoms with Gasteiger partial charge >= 0.3 is 51.4 Å². The normalized spacial score (nSPS) is 5.08. The van der Waals surface area contributed by atoms with E-state index in [0.29, 0.717) is 0 Å². The van der Waals surface area contributed by atoms with Crippen LogP contribution in [0.25, 0.3) is 0 Å². The second kappa shape index (κ2) is 38.4. The SMILES string of the molecule is CC.CC.CC.[K+].[c-]1ccccc1. The first-order valence-electron chi connectivity index (χ1n) is 4.91. The molecule has 0 radical (unpaired) electrons. The van der Waals surface area contributed by atoms with Crippen LogP contribution in [-0.2, 0) is 0 Å². The molecule has 0 aliphatic rings. The maximum Gasteiger partial charge on any atom is 1.00 e. The van der Waals surface area contributed by atoms with Crippen LogP contribution in [0, 0.1) is 6.07 Å². The maximum atomic E-state index is 2.89. The van der Waals surface area contributed by atoms with Crippen LogP contribution in [-0.4, -0.2) is 0 Å². The molecule has 0 aliphatic carbocycles. The molecule has 0 aliphatic heterocycles. The van der Waals surface area contributed by atoms with Crippen LogP contribution in [0.5, 0.6) is 0 Å². The van der Waals surface area contributed by atoms with Gasteiger partial charge in [0, 0.05) is 0 Å². The molecule has 0 heterocycles. The second-order valence-corrected chi connectivity index (χ2v) is 1.08. The predicted octanol–water partition coefficient (Wildman–Crippen LogP) is 1.57. The summed E-state index contributed by atoms with van der Waals surface area (Å²) in [6.45, 7) is 12.0. The van der Waals surface area contributed by atoms with E-state index in [2.05, 4.69) is 6.07 Å². The average molecular weight is 206 g/mol. The fourth-order valence-corrected chi connectivity index (χ4v) is 0.342. The molecule has 0 fully saturated rings. The summed E-state index contributed by atoms with van der Waals surface area (Å²) in [7, 11) is 0. The topological polar surface area (TPSA) is 0 Å². The third kappa shape index (κ3) is 32.2. The number of hydrogen-bond acceptors (Lipinski definition) is 0. The van der Waals surface area contributed by atoms with Gasteiger partial charge in [-0.1, -0.05) is 41.5 Å². The fourth-order valence-electron chi connectivity index (χ4n) is 0.342. The summed E-state index contributed by atoms with van der Waals surface area (Å²) in [6.07, 6.45) is 0. The Morgan fingerprint density at radius 3 is 1.00 bits per heavy atom. The van der Waals surface area contributed by atoms with Crippen LogP contribution in [0.15, 0.2) is 30.3 Å². The minimum atomic E-state index is 0. The molecule has 0 nitrogen and oxygen atoms in total. The van der Waals surface area contributed by atoms with Gasteiger partial charge in [0.25, 0.3) is 0 Å². The molecule has 1 aromatic carbocycles. The number of hydrogen-bond donors (Lipinski definition) is 0. The van der Waals surface area contributed by atoms with E-state index in [1.807, 2.05) is 71.9 Å². The Morgan fingerprint density at radius 2 is 0.923 bits per heavy atom. The first-order valence-corrected chi connectivity index (χ1v) is 4.91. The summed E-state index contributed by atoms with van der Waals surface area (Å²) in [5.74, 6) is 0. The van der Waals surface area contributed by atoms with Crippen molar-refractivity contribution >= 4 is 0 Å². The van der Waals surface area contributed by atoms with E-state index in [9.17, 15) is 0 Å². The van der Waals surface area contributed by atoms with Gasteiger partial charge in [0.2, 0.25) is 0 Å². The molecule has 0 saturated heterocycles. The van der Waals surface area contributed by atoms with Gasteiger partial charge in [0.15, 0.2) is 0 Å². The van der Waals surface area contributed by atoms with Crippen LogP contribution in [0.4, 0.5) is 0 Å². The van der Waals surface area contributed by atoms with Crippen molar-refractivity contribution in [2.24, 2.45) is 0 Å². The summed E-state index contributed by atoms with van der Waals surface area (Å²) < 4.78 is 0. The van der Waals surface area contributed by atoms with Gasteiger partial charge in [0.05, 0.1) is 0 Å². The van der Waals surface area contributed by atoms with Crippen molar-refractivity contribution in [2.75, 3.05) is 0 Å². The van der Waals surface area contributed by atoms with Gasteiger partial charge in [-0.05, 0) is 0 Å². The number of benzene rings is 1. The largest absolute Gasteiger partial charge is 1.00 e. The Morgan fingerprint density at radius 1 is 0.615 bits per heavy atom. The zero-order valence-electron chi connectivity index (χ0n) is 10.4. The molecule has 72 valence electrons. The minimum Gasteiger partial charge on any atom is -0.184 e. The van der Waals surface area contributed by atoms with Gasteiger partial charge in [-0.25, -0.2) is 0 Å². The van der Waals surface area contributed by atoms with E-state index >= 15 is 0 Å². The molecule has 0 spiro atoms. The van der Waals surface area contributed by atoms with Crippen molar-refractivity contribution in [1.29, 1.82) is 0 Å². The van der Waals surface area contributed by atoms with E-state index in [-0.39, 0.29) is 51.4 Å². The molecule has 1 aromatic rings.